The Morgan fingerprint density at radius 2 is 1.14 bits per heavy atom. The molecule has 0 atom stereocenters. The maximum atomic E-state index is 6.90. The van der Waals surface area contributed by atoms with Crippen LogP contribution in [0.15, 0.2) is 174 Å². The zero-order valence-corrected chi connectivity index (χ0v) is 37.7. The smallest absolute Gasteiger partial charge is 0.264 e. The van der Waals surface area contributed by atoms with E-state index in [1.807, 2.05) is 11.3 Å². The molecule has 0 aliphatic carbocycles. The first-order valence-electron chi connectivity index (χ1n) is 22.5. The minimum Gasteiger partial charge on any atom is -0.454 e. The van der Waals surface area contributed by atoms with Crippen LogP contribution >= 0.6 is 11.3 Å². The molecule has 13 rings (SSSR count). The van der Waals surface area contributed by atoms with Crippen LogP contribution in [0.4, 0.5) is 34.1 Å². The Morgan fingerprint density at radius 1 is 0.516 bits per heavy atom. The predicted molar refractivity (Wildman–Crippen MR) is 275 cm³/mol. The van der Waals surface area contributed by atoms with Gasteiger partial charge < -0.3 is 18.8 Å². The van der Waals surface area contributed by atoms with Gasteiger partial charge >= 0.3 is 0 Å². The van der Waals surface area contributed by atoms with E-state index in [-0.39, 0.29) is 17.5 Å². The van der Waals surface area contributed by atoms with Crippen molar-refractivity contribution >= 4 is 122 Å². The summed E-state index contributed by atoms with van der Waals surface area (Å²) in [6, 6.07) is 63.3. The van der Waals surface area contributed by atoms with Crippen molar-refractivity contribution < 1.29 is 4.42 Å². The lowest BCUT2D eigenvalue weighted by Gasteiger charge is -2.40. The van der Waals surface area contributed by atoms with Crippen molar-refractivity contribution in [2.45, 2.75) is 52.4 Å². The molecule has 5 heterocycles. The molecule has 0 unspecified atom stereocenters. The SMILES string of the molecule is CC(C)(C)c1ccc(N(c2ccc(C(C)(C)C)cc2)c2ccc3c(c2)N(c2cccc4c2oc2ccccc24)c2ccc4c5ccccc5n5c4c2B3c2sc3ccccc3c2-5)cc1. The molecule has 0 radical (unpaired) electrons. The molecule has 0 fully saturated rings. The van der Waals surface area contributed by atoms with Crippen LogP contribution in [0.5, 0.6) is 0 Å². The summed E-state index contributed by atoms with van der Waals surface area (Å²) in [4.78, 5) is 4.94. The molecule has 308 valence electrons. The number of rotatable bonds is 4. The maximum absolute atomic E-state index is 6.90. The molecule has 4 nitrogen and oxygen atoms in total. The predicted octanol–water partition coefficient (Wildman–Crippen LogP) is 14.6. The first-order valence-corrected chi connectivity index (χ1v) is 23.3. The summed E-state index contributed by atoms with van der Waals surface area (Å²) in [7, 11) is 0. The van der Waals surface area contributed by atoms with E-state index in [0.717, 1.165) is 50.4 Å². The molecule has 2 aliphatic rings. The Bertz CT molecular complexity index is 3650. The van der Waals surface area contributed by atoms with E-state index in [0.29, 0.717) is 0 Å². The molecule has 0 bridgehead atoms. The molecule has 3 aromatic heterocycles. The molecule has 64 heavy (non-hydrogen) atoms. The number of thiophene rings is 1. The summed E-state index contributed by atoms with van der Waals surface area (Å²) in [5.74, 6) is 0. The van der Waals surface area contributed by atoms with Crippen LogP contribution in [0, 0.1) is 0 Å². The van der Waals surface area contributed by atoms with Crippen molar-refractivity contribution in [2.24, 2.45) is 0 Å². The van der Waals surface area contributed by atoms with Gasteiger partial charge in [-0.2, -0.15) is 0 Å². The third-order valence-electron chi connectivity index (χ3n) is 13.9. The Morgan fingerprint density at radius 3 is 1.86 bits per heavy atom. The number of furan rings is 1. The van der Waals surface area contributed by atoms with Crippen molar-refractivity contribution in [1.82, 2.24) is 4.57 Å². The molecule has 8 aromatic carbocycles. The third-order valence-corrected chi connectivity index (χ3v) is 15.1. The molecule has 0 amide bonds. The van der Waals surface area contributed by atoms with E-state index in [1.54, 1.807) is 0 Å². The molecule has 2 aliphatic heterocycles. The number of anilines is 6. The summed E-state index contributed by atoms with van der Waals surface area (Å²) < 4.78 is 12.2. The third kappa shape index (κ3) is 5.29. The lowest BCUT2D eigenvalue weighted by Crippen LogP contribution is -2.59. The van der Waals surface area contributed by atoms with Gasteiger partial charge in [0, 0.05) is 64.8 Å². The second-order valence-corrected chi connectivity index (χ2v) is 20.8. The molecular weight excluding hydrogens is 798 g/mol. The van der Waals surface area contributed by atoms with Crippen molar-refractivity contribution in [1.29, 1.82) is 0 Å². The zero-order valence-electron chi connectivity index (χ0n) is 36.9. The van der Waals surface area contributed by atoms with Crippen LogP contribution in [0.2, 0.25) is 0 Å². The number of hydrogen-bond donors (Lipinski definition) is 0. The number of benzene rings is 8. The Labute approximate surface area is 377 Å². The summed E-state index contributed by atoms with van der Waals surface area (Å²) in [6.45, 7) is 13.7. The van der Waals surface area contributed by atoms with Gasteiger partial charge in [-0.1, -0.05) is 145 Å². The first kappa shape index (κ1) is 37.5. The quantitative estimate of drug-likeness (QED) is 0.165. The van der Waals surface area contributed by atoms with Gasteiger partial charge in [0.15, 0.2) is 5.58 Å². The molecule has 0 N–H and O–H groups in total. The standard InChI is InChI=1S/C58H46BN3OS/c1-57(2,3)35-22-26-37(27-23-35)60(38-28-24-36(25-29-38)58(4,5)6)39-30-32-45-49(34-39)61(48-19-13-17-43-41-15-8-11-20-50(41)63-55(43)48)47-33-31-42-40-14-7-10-18-46(40)62-53(42)52(47)59(45)56-54(62)44-16-9-12-21-51(44)64-56/h7-34H,1-6H3. The fraction of sp³-hybridized carbons (Fsp3) is 0.138. The zero-order chi connectivity index (χ0) is 43.2. The minimum atomic E-state index is 0.0173. The summed E-state index contributed by atoms with van der Waals surface area (Å²) >= 11 is 1.94. The van der Waals surface area contributed by atoms with Crippen LogP contribution in [0.3, 0.4) is 0 Å². The highest BCUT2D eigenvalue weighted by atomic mass is 32.1. The lowest BCUT2D eigenvalue weighted by atomic mass is 9.36. The lowest BCUT2D eigenvalue weighted by molar-refractivity contribution is 0.590. The van der Waals surface area contributed by atoms with Gasteiger partial charge in [-0.3, -0.25) is 0 Å². The molecule has 11 aromatic rings. The van der Waals surface area contributed by atoms with Crippen molar-refractivity contribution in [3.8, 4) is 5.69 Å². The average Bonchev–Trinajstić information content (AvgIpc) is 3.98. The number of hydrogen-bond acceptors (Lipinski definition) is 4. The number of fused-ring (bicyclic) bond motifs is 13. The molecular formula is C58H46BN3OS. The van der Waals surface area contributed by atoms with E-state index in [4.69, 9.17) is 4.42 Å². The number of aromatic nitrogens is 1. The van der Waals surface area contributed by atoms with Crippen molar-refractivity contribution in [3.63, 3.8) is 0 Å². The number of para-hydroxylation sites is 3. The van der Waals surface area contributed by atoms with Crippen LogP contribution in [0.25, 0.3) is 59.5 Å². The molecule has 0 saturated carbocycles. The Hall–Kier alpha value is -7.02. The minimum absolute atomic E-state index is 0.0173. The van der Waals surface area contributed by atoms with Gasteiger partial charge in [0.05, 0.1) is 22.4 Å². The second-order valence-electron chi connectivity index (χ2n) is 19.8. The van der Waals surface area contributed by atoms with E-state index in [2.05, 4.69) is 226 Å². The average molecular weight is 844 g/mol. The van der Waals surface area contributed by atoms with E-state index >= 15 is 0 Å². The van der Waals surface area contributed by atoms with Crippen molar-refractivity contribution in [2.75, 3.05) is 9.80 Å². The largest absolute Gasteiger partial charge is 0.454 e. The maximum Gasteiger partial charge on any atom is 0.264 e. The monoisotopic (exact) mass is 843 g/mol. The summed E-state index contributed by atoms with van der Waals surface area (Å²) in [5, 5.41) is 6.10. The fourth-order valence-corrected chi connectivity index (χ4v) is 12.1. The van der Waals surface area contributed by atoms with Gasteiger partial charge in [-0.25, -0.2) is 0 Å². The first-order chi connectivity index (χ1) is 31.0. The van der Waals surface area contributed by atoms with Crippen LogP contribution in [-0.4, -0.2) is 11.3 Å². The fourth-order valence-electron chi connectivity index (χ4n) is 10.8. The topological polar surface area (TPSA) is 24.6 Å². The van der Waals surface area contributed by atoms with E-state index < -0.39 is 0 Å². The normalized spacial score (nSPS) is 13.4. The van der Waals surface area contributed by atoms with Crippen LogP contribution in [-0.2, 0) is 10.8 Å². The summed E-state index contributed by atoms with van der Waals surface area (Å²) in [5.41, 5.74) is 17.6. The highest BCUT2D eigenvalue weighted by Crippen LogP contribution is 2.49. The van der Waals surface area contributed by atoms with E-state index in [9.17, 15) is 0 Å². The van der Waals surface area contributed by atoms with Gasteiger partial charge in [0.25, 0.3) is 6.71 Å². The second kappa shape index (κ2) is 13.3. The molecule has 6 heteroatoms. The van der Waals surface area contributed by atoms with Gasteiger partial charge in [0.2, 0.25) is 0 Å². The van der Waals surface area contributed by atoms with Crippen LogP contribution < -0.4 is 25.5 Å². The van der Waals surface area contributed by atoms with Crippen molar-refractivity contribution in [3.05, 3.63) is 181 Å². The Kier molecular flexibility index (Phi) is 7.78. The Balaban J connectivity index is 1.12. The van der Waals surface area contributed by atoms with Gasteiger partial charge in [-0.05, 0) is 99.6 Å². The summed E-state index contributed by atoms with van der Waals surface area (Å²) in [6.07, 6.45) is 0. The molecule has 0 saturated heterocycles. The molecule has 0 spiro atoms. The highest BCUT2D eigenvalue weighted by molar-refractivity contribution is 7.33. The number of nitrogens with zero attached hydrogens (tertiary/aromatic N) is 3. The van der Waals surface area contributed by atoms with Crippen LogP contribution in [0.1, 0.15) is 52.7 Å². The highest BCUT2D eigenvalue weighted by Gasteiger charge is 2.44. The van der Waals surface area contributed by atoms with Gasteiger partial charge in [-0.15, -0.1) is 11.3 Å². The van der Waals surface area contributed by atoms with E-state index in [1.165, 1.54) is 70.1 Å². The van der Waals surface area contributed by atoms with Gasteiger partial charge in [0.1, 0.15) is 5.58 Å².